The molecule has 0 unspecified atom stereocenters. The van der Waals surface area contributed by atoms with Crippen LogP contribution in [0.2, 0.25) is 5.02 Å². The number of barbiturate groups is 1. The maximum absolute atomic E-state index is 13.2. The van der Waals surface area contributed by atoms with Crippen molar-refractivity contribution in [3.63, 3.8) is 0 Å². The van der Waals surface area contributed by atoms with Crippen LogP contribution in [0.3, 0.4) is 0 Å². The number of hydrogen-bond acceptors (Lipinski definition) is 5. The number of nitrogens with one attached hydrogen (secondary N) is 1. The summed E-state index contributed by atoms with van der Waals surface area (Å²) in [7, 11) is 1.51. The van der Waals surface area contributed by atoms with Crippen LogP contribution in [0, 0.1) is 0 Å². The van der Waals surface area contributed by atoms with Crippen LogP contribution in [-0.4, -0.2) is 25.0 Å². The molecule has 4 aromatic rings. The maximum atomic E-state index is 13.2. The molecule has 0 saturated carbocycles. The first-order chi connectivity index (χ1) is 18.0. The van der Waals surface area contributed by atoms with Crippen LogP contribution >= 0.6 is 11.6 Å². The van der Waals surface area contributed by atoms with E-state index in [1.807, 2.05) is 42.5 Å². The predicted molar refractivity (Wildman–Crippen MR) is 142 cm³/mol. The molecule has 0 aromatic heterocycles. The Morgan fingerprint density at radius 2 is 1.65 bits per heavy atom. The van der Waals surface area contributed by atoms with Crippen LogP contribution in [0.15, 0.2) is 90.5 Å². The number of amides is 4. The molecule has 5 rings (SSSR count). The van der Waals surface area contributed by atoms with Gasteiger partial charge in [0.15, 0.2) is 11.5 Å². The molecule has 1 fully saturated rings. The molecule has 0 bridgehead atoms. The zero-order valence-electron chi connectivity index (χ0n) is 19.7. The number of carbonyl (C=O) groups excluding carboxylic acids is 3. The standard InChI is InChI=1S/C29H21ClN2O5/c1-36-26-16-18(13-14-25(26)37-17-20-9-6-8-19-7-2-3-10-21(19)20)15-22-27(33)31-29(35)32(28(22)34)24-12-5-4-11-23(24)30/h2-16H,17H2,1H3,(H,31,33,35)/b22-15+. The molecule has 1 saturated heterocycles. The number of nitrogens with zero attached hydrogens (tertiary/aromatic N) is 1. The second-order valence-electron chi connectivity index (χ2n) is 8.25. The van der Waals surface area contributed by atoms with Gasteiger partial charge in [-0.05, 0) is 52.2 Å². The van der Waals surface area contributed by atoms with Crippen molar-refractivity contribution >= 4 is 52.0 Å². The Labute approximate surface area is 217 Å². The van der Waals surface area contributed by atoms with Crippen LogP contribution in [0.5, 0.6) is 11.5 Å². The van der Waals surface area contributed by atoms with E-state index in [1.54, 1.807) is 36.4 Å². The number of urea groups is 1. The third-order valence-electron chi connectivity index (χ3n) is 5.96. The number of hydrogen-bond donors (Lipinski definition) is 1. The smallest absolute Gasteiger partial charge is 0.335 e. The molecular formula is C29H21ClN2O5. The van der Waals surface area contributed by atoms with E-state index >= 15 is 0 Å². The first-order valence-electron chi connectivity index (χ1n) is 11.4. The number of anilines is 1. The lowest BCUT2D eigenvalue weighted by molar-refractivity contribution is -0.122. The Bertz CT molecular complexity index is 1570. The predicted octanol–water partition coefficient (Wildman–Crippen LogP) is 5.75. The van der Waals surface area contributed by atoms with Crippen LogP contribution in [0.1, 0.15) is 11.1 Å². The maximum Gasteiger partial charge on any atom is 0.335 e. The third-order valence-corrected chi connectivity index (χ3v) is 6.28. The zero-order valence-corrected chi connectivity index (χ0v) is 20.5. The normalized spacial score (nSPS) is 14.7. The minimum absolute atomic E-state index is 0.180. The van der Waals surface area contributed by atoms with Crippen LogP contribution in [0.25, 0.3) is 16.8 Å². The highest BCUT2D eigenvalue weighted by Crippen LogP contribution is 2.32. The van der Waals surface area contributed by atoms with Gasteiger partial charge in [-0.2, -0.15) is 0 Å². The second-order valence-corrected chi connectivity index (χ2v) is 8.65. The molecule has 7 nitrogen and oxygen atoms in total. The average Bonchev–Trinajstić information content (AvgIpc) is 2.91. The summed E-state index contributed by atoms with van der Waals surface area (Å²) in [5.74, 6) is -0.646. The lowest BCUT2D eigenvalue weighted by Gasteiger charge is -2.27. The summed E-state index contributed by atoms with van der Waals surface area (Å²) in [6.07, 6.45) is 1.39. The van der Waals surface area contributed by atoms with Gasteiger partial charge in [-0.3, -0.25) is 14.9 Å². The second kappa shape index (κ2) is 10.2. The Morgan fingerprint density at radius 1 is 0.892 bits per heavy atom. The molecule has 4 aromatic carbocycles. The van der Waals surface area contributed by atoms with E-state index < -0.39 is 17.8 Å². The lowest BCUT2D eigenvalue weighted by atomic mass is 10.1. The van der Waals surface area contributed by atoms with Crippen LogP contribution < -0.4 is 19.7 Å². The Morgan fingerprint density at radius 3 is 2.46 bits per heavy atom. The minimum atomic E-state index is -0.866. The van der Waals surface area contributed by atoms with E-state index in [9.17, 15) is 14.4 Å². The van der Waals surface area contributed by atoms with E-state index in [2.05, 4.69) is 5.32 Å². The van der Waals surface area contributed by atoms with Crippen molar-refractivity contribution < 1.29 is 23.9 Å². The highest BCUT2D eigenvalue weighted by molar-refractivity contribution is 6.42. The van der Waals surface area contributed by atoms with Gasteiger partial charge in [-0.25, -0.2) is 9.69 Å². The molecule has 8 heteroatoms. The molecule has 0 radical (unpaired) electrons. The minimum Gasteiger partial charge on any atom is -0.493 e. The molecule has 1 heterocycles. The molecule has 1 aliphatic rings. The van der Waals surface area contributed by atoms with Gasteiger partial charge in [0, 0.05) is 0 Å². The van der Waals surface area contributed by atoms with Gasteiger partial charge in [-0.15, -0.1) is 0 Å². The van der Waals surface area contributed by atoms with Crippen LogP contribution in [0.4, 0.5) is 10.5 Å². The SMILES string of the molecule is COc1cc(/C=C2\C(=O)NC(=O)N(c3ccccc3Cl)C2=O)ccc1OCc1cccc2ccccc12. The van der Waals surface area contributed by atoms with Gasteiger partial charge in [0.1, 0.15) is 12.2 Å². The van der Waals surface area contributed by atoms with E-state index in [-0.39, 0.29) is 16.3 Å². The summed E-state index contributed by atoms with van der Waals surface area (Å²) < 4.78 is 11.6. The van der Waals surface area contributed by atoms with Crippen molar-refractivity contribution in [2.75, 3.05) is 12.0 Å². The first kappa shape index (κ1) is 24.1. The number of rotatable bonds is 6. The lowest BCUT2D eigenvalue weighted by Crippen LogP contribution is -2.54. The topological polar surface area (TPSA) is 84.9 Å². The van der Waals surface area contributed by atoms with Gasteiger partial charge >= 0.3 is 6.03 Å². The summed E-state index contributed by atoms with van der Waals surface area (Å²) in [5.41, 5.74) is 1.51. The zero-order chi connectivity index (χ0) is 25.9. The van der Waals surface area contributed by atoms with Crippen molar-refractivity contribution in [1.29, 1.82) is 0 Å². The molecule has 1 aliphatic heterocycles. The number of fused-ring (bicyclic) bond motifs is 1. The quantitative estimate of drug-likeness (QED) is 0.263. The number of imide groups is 2. The van der Waals surface area contributed by atoms with E-state index in [0.717, 1.165) is 21.2 Å². The van der Waals surface area contributed by atoms with E-state index in [4.69, 9.17) is 21.1 Å². The summed E-state index contributed by atoms with van der Waals surface area (Å²) in [4.78, 5) is 39.0. The average molecular weight is 513 g/mol. The fourth-order valence-corrected chi connectivity index (χ4v) is 4.36. The highest BCUT2D eigenvalue weighted by atomic mass is 35.5. The van der Waals surface area contributed by atoms with E-state index in [1.165, 1.54) is 19.3 Å². The summed E-state index contributed by atoms with van der Waals surface area (Å²) in [6.45, 7) is 0.327. The van der Waals surface area contributed by atoms with Crippen molar-refractivity contribution in [1.82, 2.24) is 5.32 Å². The fraction of sp³-hybridized carbons (Fsp3) is 0.0690. The number of ether oxygens (including phenoxy) is 2. The monoisotopic (exact) mass is 512 g/mol. The molecule has 0 spiro atoms. The summed E-state index contributed by atoms with van der Waals surface area (Å²) >= 11 is 6.19. The largest absolute Gasteiger partial charge is 0.493 e. The molecule has 184 valence electrons. The van der Waals surface area contributed by atoms with Gasteiger partial charge in [0.2, 0.25) is 0 Å². The van der Waals surface area contributed by atoms with Crippen molar-refractivity contribution in [2.45, 2.75) is 6.61 Å². The van der Waals surface area contributed by atoms with Gasteiger partial charge in [-0.1, -0.05) is 72.3 Å². The molecule has 37 heavy (non-hydrogen) atoms. The van der Waals surface area contributed by atoms with Gasteiger partial charge < -0.3 is 9.47 Å². The number of para-hydroxylation sites is 1. The Kier molecular flexibility index (Phi) is 6.62. The van der Waals surface area contributed by atoms with Crippen molar-refractivity contribution in [3.8, 4) is 11.5 Å². The highest BCUT2D eigenvalue weighted by Gasteiger charge is 2.37. The Hall–Kier alpha value is -4.62. The molecule has 0 atom stereocenters. The van der Waals surface area contributed by atoms with Crippen LogP contribution in [-0.2, 0) is 16.2 Å². The third kappa shape index (κ3) is 4.77. The number of carbonyl (C=O) groups is 3. The van der Waals surface area contributed by atoms with Gasteiger partial charge in [0.05, 0.1) is 17.8 Å². The summed E-state index contributed by atoms with van der Waals surface area (Å²) in [6, 6.07) is 24.7. The Balaban J connectivity index is 1.41. The molecule has 4 amide bonds. The summed E-state index contributed by atoms with van der Waals surface area (Å²) in [5, 5.41) is 4.62. The molecule has 0 aliphatic carbocycles. The number of methoxy groups -OCH3 is 1. The van der Waals surface area contributed by atoms with Gasteiger partial charge in [0.25, 0.3) is 11.8 Å². The van der Waals surface area contributed by atoms with E-state index in [0.29, 0.717) is 23.7 Å². The molecular weight excluding hydrogens is 492 g/mol. The van der Waals surface area contributed by atoms with Crippen molar-refractivity contribution in [2.24, 2.45) is 0 Å². The van der Waals surface area contributed by atoms with Crippen molar-refractivity contribution in [3.05, 3.63) is 107 Å². The first-order valence-corrected chi connectivity index (χ1v) is 11.8. The molecule has 1 N–H and O–H groups in total. The fourth-order valence-electron chi connectivity index (χ4n) is 4.14. The number of halogens is 1. The number of benzene rings is 4.